The molecule has 1 amide bonds. The number of carbonyl (C=O) groups excluding carboxylic acids is 1. The molecule has 25 heavy (non-hydrogen) atoms. The number of benzene rings is 1. The van der Waals surface area contributed by atoms with Gasteiger partial charge in [0, 0.05) is 31.9 Å². The van der Waals surface area contributed by atoms with Crippen molar-refractivity contribution in [2.45, 2.75) is 11.4 Å². The molecule has 0 saturated carbocycles. The van der Waals surface area contributed by atoms with Crippen molar-refractivity contribution in [1.82, 2.24) is 10.2 Å². The van der Waals surface area contributed by atoms with E-state index in [1.165, 1.54) is 12.1 Å². The maximum Gasteiger partial charge on any atom is 0.234 e. The zero-order valence-electron chi connectivity index (χ0n) is 13.7. The zero-order valence-corrected chi connectivity index (χ0v) is 15.3. The molecule has 0 unspecified atom stereocenters. The number of alkyl halides is 1. The fraction of sp³-hybridized carbons (Fsp3) is 0.562. The molecule has 0 spiro atoms. The van der Waals surface area contributed by atoms with E-state index in [1.807, 2.05) is 4.90 Å². The van der Waals surface area contributed by atoms with Crippen LogP contribution in [0.1, 0.15) is 0 Å². The molecule has 0 aromatic heterocycles. The second-order valence-electron chi connectivity index (χ2n) is 6.51. The smallest absolute Gasteiger partial charge is 0.234 e. The summed E-state index contributed by atoms with van der Waals surface area (Å²) in [5.41, 5.74) is 0.964. The standard InChI is InChI=1S/C16H21ClFN3O3S/c17-14-10-25(23,24)11-15(14)19-16(22)9-20-5-7-21(8-6-20)13-3-1-12(18)2-4-13/h1-4,14-15H,5-11H2,(H,19,22)/t14-,15+/m0/s1. The molecule has 1 N–H and O–H groups in total. The fourth-order valence-corrected chi connectivity index (χ4v) is 5.76. The molecule has 2 heterocycles. The van der Waals surface area contributed by atoms with Gasteiger partial charge in [0.25, 0.3) is 0 Å². The largest absolute Gasteiger partial charge is 0.369 e. The summed E-state index contributed by atoms with van der Waals surface area (Å²) >= 11 is 6.01. The Morgan fingerprint density at radius 3 is 2.36 bits per heavy atom. The summed E-state index contributed by atoms with van der Waals surface area (Å²) in [4.78, 5) is 16.3. The number of hydrogen-bond donors (Lipinski definition) is 1. The highest BCUT2D eigenvalue weighted by atomic mass is 35.5. The van der Waals surface area contributed by atoms with Crippen LogP contribution >= 0.6 is 11.6 Å². The first-order chi connectivity index (χ1) is 11.8. The lowest BCUT2D eigenvalue weighted by Crippen LogP contribution is -2.51. The van der Waals surface area contributed by atoms with Gasteiger partial charge in [-0.05, 0) is 24.3 Å². The van der Waals surface area contributed by atoms with Gasteiger partial charge < -0.3 is 10.2 Å². The molecule has 1 aromatic rings. The first kappa shape index (κ1) is 18.4. The van der Waals surface area contributed by atoms with Crippen molar-refractivity contribution in [1.29, 1.82) is 0 Å². The first-order valence-electron chi connectivity index (χ1n) is 8.19. The maximum absolute atomic E-state index is 13.0. The predicted octanol–water partition coefficient (Wildman–Crippen LogP) is 0.468. The van der Waals surface area contributed by atoms with E-state index in [4.69, 9.17) is 11.6 Å². The molecule has 2 fully saturated rings. The van der Waals surface area contributed by atoms with E-state index in [2.05, 4.69) is 10.2 Å². The number of halogens is 2. The van der Waals surface area contributed by atoms with Crippen LogP contribution in [-0.2, 0) is 14.6 Å². The van der Waals surface area contributed by atoms with Gasteiger partial charge in [-0.3, -0.25) is 9.69 Å². The third-order valence-electron chi connectivity index (χ3n) is 4.56. The number of sulfone groups is 1. The molecule has 0 radical (unpaired) electrons. The number of amides is 1. The van der Waals surface area contributed by atoms with Crippen LogP contribution in [0, 0.1) is 5.82 Å². The molecule has 0 bridgehead atoms. The molecule has 2 saturated heterocycles. The van der Waals surface area contributed by atoms with Gasteiger partial charge in [0.05, 0.1) is 29.5 Å². The quantitative estimate of drug-likeness (QED) is 0.758. The Morgan fingerprint density at radius 1 is 1.16 bits per heavy atom. The minimum atomic E-state index is -3.16. The Hall–Kier alpha value is -1.38. The van der Waals surface area contributed by atoms with Crippen molar-refractivity contribution in [3.05, 3.63) is 30.1 Å². The van der Waals surface area contributed by atoms with Crippen LogP contribution in [0.15, 0.2) is 24.3 Å². The monoisotopic (exact) mass is 389 g/mol. The highest BCUT2D eigenvalue weighted by Gasteiger charge is 2.37. The Kier molecular flexibility index (Phi) is 5.50. The molecule has 0 aliphatic carbocycles. The Morgan fingerprint density at radius 2 is 1.80 bits per heavy atom. The fourth-order valence-electron chi connectivity index (χ4n) is 3.21. The number of anilines is 1. The van der Waals surface area contributed by atoms with Crippen molar-refractivity contribution < 1.29 is 17.6 Å². The minimum Gasteiger partial charge on any atom is -0.369 e. The lowest BCUT2D eigenvalue weighted by molar-refractivity contribution is -0.122. The summed E-state index contributed by atoms with van der Waals surface area (Å²) in [6.45, 7) is 3.12. The van der Waals surface area contributed by atoms with E-state index in [0.717, 1.165) is 18.8 Å². The maximum atomic E-state index is 13.0. The molecule has 6 nitrogen and oxygen atoms in total. The lowest BCUT2D eigenvalue weighted by Gasteiger charge is -2.35. The number of nitrogens with zero attached hydrogens (tertiary/aromatic N) is 2. The molecular weight excluding hydrogens is 369 g/mol. The minimum absolute atomic E-state index is 0.0875. The highest BCUT2D eigenvalue weighted by molar-refractivity contribution is 7.91. The second kappa shape index (κ2) is 7.47. The van der Waals surface area contributed by atoms with Crippen LogP contribution in [0.2, 0.25) is 0 Å². The zero-order chi connectivity index (χ0) is 18.0. The number of piperazine rings is 1. The second-order valence-corrected chi connectivity index (χ2v) is 9.22. The summed E-state index contributed by atoms with van der Waals surface area (Å²) in [6.07, 6.45) is 0. The van der Waals surface area contributed by atoms with Crippen molar-refractivity contribution in [2.24, 2.45) is 0 Å². The summed E-state index contributed by atoms with van der Waals surface area (Å²) in [5.74, 6) is -0.644. The van der Waals surface area contributed by atoms with E-state index < -0.39 is 21.3 Å². The molecule has 1 aromatic carbocycles. The summed E-state index contributed by atoms with van der Waals surface area (Å²) in [7, 11) is -3.16. The van der Waals surface area contributed by atoms with Gasteiger partial charge in [-0.2, -0.15) is 0 Å². The van der Waals surface area contributed by atoms with Crippen molar-refractivity contribution in [3.8, 4) is 0 Å². The van der Waals surface area contributed by atoms with E-state index in [-0.39, 0.29) is 29.8 Å². The predicted molar refractivity (Wildman–Crippen MR) is 95.3 cm³/mol. The molecule has 2 aliphatic heterocycles. The van der Waals surface area contributed by atoms with Crippen LogP contribution in [0.4, 0.5) is 10.1 Å². The number of hydrogen-bond acceptors (Lipinski definition) is 5. The van der Waals surface area contributed by atoms with Crippen LogP contribution < -0.4 is 10.2 Å². The van der Waals surface area contributed by atoms with E-state index in [9.17, 15) is 17.6 Å². The average molecular weight is 390 g/mol. The van der Waals surface area contributed by atoms with Gasteiger partial charge in [-0.15, -0.1) is 11.6 Å². The molecule has 138 valence electrons. The Labute approximate surface area is 151 Å². The summed E-state index contributed by atoms with van der Waals surface area (Å²) in [5, 5.41) is 2.17. The lowest BCUT2D eigenvalue weighted by atomic mass is 10.2. The van der Waals surface area contributed by atoms with Crippen molar-refractivity contribution in [2.75, 3.05) is 49.1 Å². The Balaban J connectivity index is 1.46. The number of rotatable bonds is 4. The van der Waals surface area contributed by atoms with Crippen LogP contribution in [0.3, 0.4) is 0 Å². The molecule has 2 atom stereocenters. The van der Waals surface area contributed by atoms with Crippen molar-refractivity contribution >= 4 is 33.0 Å². The first-order valence-corrected chi connectivity index (χ1v) is 10.4. The van der Waals surface area contributed by atoms with Gasteiger partial charge in [-0.25, -0.2) is 12.8 Å². The van der Waals surface area contributed by atoms with Crippen LogP contribution in [0.5, 0.6) is 0 Å². The normalized spacial score (nSPS) is 26.6. The third-order valence-corrected chi connectivity index (χ3v) is 6.94. The summed E-state index contributed by atoms with van der Waals surface area (Å²) in [6, 6.07) is 5.86. The topological polar surface area (TPSA) is 69.7 Å². The molecular formula is C16H21ClFN3O3S. The van der Waals surface area contributed by atoms with E-state index in [1.54, 1.807) is 12.1 Å². The van der Waals surface area contributed by atoms with Gasteiger partial charge >= 0.3 is 0 Å². The van der Waals surface area contributed by atoms with Gasteiger partial charge in [-0.1, -0.05) is 0 Å². The number of carbonyl (C=O) groups is 1. The number of nitrogens with one attached hydrogen (secondary N) is 1. The molecule has 9 heteroatoms. The third kappa shape index (κ3) is 4.83. The Bertz CT molecular complexity index is 721. The van der Waals surface area contributed by atoms with Crippen LogP contribution in [-0.4, -0.2) is 74.9 Å². The molecule has 2 aliphatic rings. The SMILES string of the molecule is O=C(CN1CCN(c2ccc(F)cc2)CC1)N[C@@H]1CS(=O)(=O)C[C@@H]1Cl. The average Bonchev–Trinajstić information content (AvgIpc) is 2.80. The molecule has 3 rings (SSSR count). The van der Waals surface area contributed by atoms with Gasteiger partial charge in [0.2, 0.25) is 5.91 Å². The summed E-state index contributed by atoms with van der Waals surface area (Å²) < 4.78 is 36.1. The van der Waals surface area contributed by atoms with Gasteiger partial charge in [0.15, 0.2) is 9.84 Å². The van der Waals surface area contributed by atoms with Gasteiger partial charge in [0.1, 0.15) is 5.82 Å². The van der Waals surface area contributed by atoms with Crippen molar-refractivity contribution in [3.63, 3.8) is 0 Å². The highest BCUT2D eigenvalue weighted by Crippen LogP contribution is 2.19. The van der Waals surface area contributed by atoms with E-state index >= 15 is 0 Å². The van der Waals surface area contributed by atoms with Crippen LogP contribution in [0.25, 0.3) is 0 Å². The van der Waals surface area contributed by atoms with E-state index in [0.29, 0.717) is 13.1 Å².